The number of nitriles is 1. The van der Waals surface area contributed by atoms with Crippen molar-refractivity contribution < 1.29 is 9.59 Å². The van der Waals surface area contributed by atoms with Crippen LogP contribution in [0.25, 0.3) is 17.2 Å². The predicted molar refractivity (Wildman–Crippen MR) is 120 cm³/mol. The van der Waals surface area contributed by atoms with Gasteiger partial charge in [-0.2, -0.15) is 5.26 Å². The fraction of sp³-hybridized carbons (Fsp3) is 0.261. The molecule has 8 nitrogen and oxygen atoms in total. The Morgan fingerprint density at radius 2 is 1.87 bits per heavy atom. The Balaban J connectivity index is 1.84. The molecule has 2 aromatic heterocycles. The summed E-state index contributed by atoms with van der Waals surface area (Å²) < 4.78 is 0. The fourth-order valence-electron chi connectivity index (χ4n) is 2.89. The van der Waals surface area contributed by atoms with Gasteiger partial charge in [0, 0.05) is 31.4 Å². The molecule has 0 saturated heterocycles. The van der Waals surface area contributed by atoms with Gasteiger partial charge in [-0.05, 0) is 23.8 Å². The summed E-state index contributed by atoms with van der Waals surface area (Å²) in [5.74, 6) is 0.140. The molecule has 0 aliphatic heterocycles. The molecule has 0 aliphatic rings. The zero-order valence-electron chi connectivity index (χ0n) is 18.1. The minimum atomic E-state index is -0.528. The average molecular weight is 416 g/mol. The number of nitrogens with zero attached hydrogens (tertiary/aromatic N) is 4. The van der Waals surface area contributed by atoms with Crippen molar-refractivity contribution in [2.45, 2.75) is 20.8 Å². The summed E-state index contributed by atoms with van der Waals surface area (Å²) in [5, 5.41) is 12.4. The van der Waals surface area contributed by atoms with E-state index >= 15 is 0 Å². The van der Waals surface area contributed by atoms with Crippen LogP contribution in [0.3, 0.4) is 0 Å². The van der Waals surface area contributed by atoms with E-state index in [9.17, 15) is 14.9 Å². The number of anilines is 2. The minimum Gasteiger partial charge on any atom is -0.344 e. The van der Waals surface area contributed by atoms with Crippen molar-refractivity contribution in [3.05, 3.63) is 53.4 Å². The van der Waals surface area contributed by atoms with Crippen LogP contribution in [0.4, 0.5) is 11.5 Å². The first-order chi connectivity index (χ1) is 14.6. The number of Topliss-reactive ketones (excluding diaryl/α,β-unsaturated/α-hetero) is 1. The summed E-state index contributed by atoms with van der Waals surface area (Å²) in [6.07, 6.45) is 4.77. The number of fused-ring (bicyclic) bond motifs is 1. The number of aromatic nitrogens is 3. The summed E-state index contributed by atoms with van der Waals surface area (Å²) in [5.41, 5.74) is 2.59. The van der Waals surface area contributed by atoms with E-state index in [-0.39, 0.29) is 17.3 Å². The lowest BCUT2D eigenvalue weighted by Gasteiger charge is -2.15. The Kier molecular flexibility index (Phi) is 5.88. The molecule has 0 aliphatic carbocycles. The summed E-state index contributed by atoms with van der Waals surface area (Å²) in [7, 11) is 3.20. The second-order valence-electron chi connectivity index (χ2n) is 8.35. The van der Waals surface area contributed by atoms with Crippen molar-refractivity contribution in [2.24, 2.45) is 5.41 Å². The van der Waals surface area contributed by atoms with E-state index in [0.29, 0.717) is 22.5 Å². The van der Waals surface area contributed by atoms with Crippen LogP contribution < -0.4 is 5.32 Å². The normalized spacial score (nSPS) is 11.8. The number of hydrogen-bond acceptors (Lipinski definition) is 6. The number of rotatable bonds is 5. The lowest BCUT2D eigenvalue weighted by molar-refractivity contribution is -0.124. The van der Waals surface area contributed by atoms with Crippen molar-refractivity contribution >= 4 is 40.4 Å². The molecule has 3 aromatic rings. The lowest BCUT2D eigenvalue weighted by atomic mass is 9.87. The highest BCUT2D eigenvalue weighted by molar-refractivity contribution is 6.08. The van der Waals surface area contributed by atoms with E-state index in [1.165, 1.54) is 4.90 Å². The highest BCUT2D eigenvalue weighted by Gasteiger charge is 2.26. The van der Waals surface area contributed by atoms with Crippen molar-refractivity contribution in [3.63, 3.8) is 0 Å². The number of nitrogens with one attached hydrogen (secondary N) is 2. The number of aromatic amines is 1. The van der Waals surface area contributed by atoms with Gasteiger partial charge in [0.1, 0.15) is 23.0 Å². The third kappa shape index (κ3) is 4.78. The minimum absolute atomic E-state index is 0.0121. The largest absolute Gasteiger partial charge is 0.344 e. The molecule has 158 valence electrons. The number of benzene rings is 1. The van der Waals surface area contributed by atoms with Crippen molar-refractivity contribution in [3.8, 4) is 6.07 Å². The summed E-state index contributed by atoms with van der Waals surface area (Å²) in [6.45, 7) is 5.59. The van der Waals surface area contributed by atoms with Crippen LogP contribution in [0.5, 0.6) is 0 Å². The average Bonchev–Trinajstić information content (AvgIpc) is 3.14. The molecule has 2 heterocycles. The van der Waals surface area contributed by atoms with Gasteiger partial charge in [-0.3, -0.25) is 9.59 Å². The van der Waals surface area contributed by atoms with Crippen LogP contribution in [0.15, 0.2) is 42.2 Å². The highest BCUT2D eigenvalue weighted by atomic mass is 16.2. The molecular formula is C23H24N6O2. The molecule has 0 spiro atoms. The third-order valence-corrected chi connectivity index (χ3v) is 4.56. The van der Waals surface area contributed by atoms with E-state index < -0.39 is 5.41 Å². The van der Waals surface area contributed by atoms with E-state index in [1.807, 2.05) is 39.0 Å². The summed E-state index contributed by atoms with van der Waals surface area (Å²) in [6, 6.07) is 9.13. The molecule has 1 aromatic carbocycles. The van der Waals surface area contributed by atoms with Gasteiger partial charge in [-0.25, -0.2) is 9.97 Å². The van der Waals surface area contributed by atoms with Gasteiger partial charge in [0.05, 0.1) is 11.8 Å². The van der Waals surface area contributed by atoms with Crippen LogP contribution in [-0.2, 0) is 4.79 Å². The predicted octanol–water partition coefficient (Wildman–Crippen LogP) is 3.93. The Morgan fingerprint density at radius 1 is 1.19 bits per heavy atom. The van der Waals surface area contributed by atoms with Gasteiger partial charge >= 0.3 is 0 Å². The third-order valence-electron chi connectivity index (χ3n) is 4.56. The zero-order chi connectivity index (χ0) is 22.8. The smallest absolute Gasteiger partial charge is 0.264 e. The van der Waals surface area contributed by atoms with Crippen molar-refractivity contribution in [1.29, 1.82) is 5.26 Å². The second-order valence-corrected chi connectivity index (χ2v) is 8.35. The lowest BCUT2D eigenvalue weighted by Crippen LogP contribution is -2.22. The maximum atomic E-state index is 12.7. The van der Waals surface area contributed by atoms with Gasteiger partial charge in [-0.15, -0.1) is 0 Å². The van der Waals surface area contributed by atoms with Crippen molar-refractivity contribution in [1.82, 2.24) is 19.9 Å². The van der Waals surface area contributed by atoms with Gasteiger partial charge in [0.2, 0.25) is 0 Å². The SMILES string of the molecule is CN(C)C(=O)C(C#N)=Cc1ccc(Nc2cnc3[nH]cc(C(=O)C(C)(C)C)c3n2)cc1. The highest BCUT2D eigenvalue weighted by Crippen LogP contribution is 2.26. The number of carbonyl (C=O) groups excluding carboxylic acids is 2. The molecule has 0 atom stereocenters. The molecule has 2 N–H and O–H groups in total. The van der Waals surface area contributed by atoms with Gasteiger partial charge < -0.3 is 15.2 Å². The first-order valence-corrected chi connectivity index (χ1v) is 9.69. The second kappa shape index (κ2) is 8.40. The number of H-pyrrole nitrogens is 1. The van der Waals surface area contributed by atoms with Gasteiger partial charge in [0.15, 0.2) is 11.4 Å². The van der Waals surface area contributed by atoms with E-state index in [0.717, 1.165) is 11.3 Å². The molecular weight excluding hydrogens is 392 g/mol. The van der Waals surface area contributed by atoms with Crippen molar-refractivity contribution in [2.75, 3.05) is 19.4 Å². The molecule has 0 bridgehead atoms. The number of hydrogen-bond donors (Lipinski definition) is 2. The quantitative estimate of drug-likeness (QED) is 0.370. The molecule has 1 amide bonds. The Morgan fingerprint density at radius 3 is 2.45 bits per heavy atom. The number of ketones is 1. The first kappa shape index (κ1) is 21.7. The summed E-state index contributed by atoms with van der Waals surface area (Å²) in [4.78, 5) is 37.9. The Labute approximate surface area is 180 Å². The number of amides is 1. The Hall–Kier alpha value is -3.99. The molecule has 0 radical (unpaired) electrons. The fourth-order valence-corrected chi connectivity index (χ4v) is 2.89. The maximum Gasteiger partial charge on any atom is 0.264 e. The van der Waals surface area contributed by atoms with Gasteiger partial charge in [-0.1, -0.05) is 32.9 Å². The number of likely N-dealkylation sites (N-methyl/N-ethyl adjacent to an activating group) is 1. The molecule has 0 saturated carbocycles. The van der Waals surface area contributed by atoms with Crippen LogP contribution in [0, 0.1) is 16.7 Å². The monoisotopic (exact) mass is 416 g/mol. The van der Waals surface area contributed by atoms with Crippen LogP contribution >= 0.6 is 0 Å². The van der Waals surface area contributed by atoms with E-state index in [1.54, 1.807) is 44.7 Å². The van der Waals surface area contributed by atoms with Crippen LogP contribution in [0.1, 0.15) is 36.7 Å². The standard InChI is InChI=1S/C23H24N6O2/c1-23(2,3)20(30)17-12-25-21-19(17)28-18(13-26-21)27-16-8-6-14(7-9-16)10-15(11-24)22(31)29(4)5/h6-10,12-13H,1-5H3,(H,25,26)(H,27,28). The van der Waals surface area contributed by atoms with E-state index in [2.05, 4.69) is 20.3 Å². The first-order valence-electron chi connectivity index (χ1n) is 9.69. The molecule has 8 heteroatoms. The van der Waals surface area contributed by atoms with Gasteiger partial charge in [0.25, 0.3) is 5.91 Å². The molecule has 31 heavy (non-hydrogen) atoms. The van der Waals surface area contributed by atoms with Crippen LogP contribution in [0.2, 0.25) is 0 Å². The van der Waals surface area contributed by atoms with E-state index in [4.69, 9.17) is 0 Å². The summed E-state index contributed by atoms with van der Waals surface area (Å²) >= 11 is 0. The molecule has 3 rings (SSSR count). The molecule has 0 fully saturated rings. The number of carbonyl (C=O) groups is 2. The zero-order valence-corrected chi connectivity index (χ0v) is 18.1. The molecule has 0 unspecified atom stereocenters. The Bertz CT molecular complexity index is 1210. The maximum absolute atomic E-state index is 12.7. The van der Waals surface area contributed by atoms with Crippen LogP contribution in [-0.4, -0.2) is 45.6 Å². The topological polar surface area (TPSA) is 115 Å².